The summed E-state index contributed by atoms with van der Waals surface area (Å²) in [4.78, 5) is 38.4. The number of thioether (sulfide) groups is 1. The van der Waals surface area contributed by atoms with Gasteiger partial charge in [0.05, 0.1) is 5.75 Å². The Labute approximate surface area is 237 Å². The second-order valence-corrected chi connectivity index (χ2v) is 10.9. The van der Waals surface area contributed by atoms with Gasteiger partial charge in [-0.1, -0.05) is 36.0 Å². The quantitative estimate of drug-likeness (QED) is 0.211. The van der Waals surface area contributed by atoms with Crippen molar-refractivity contribution in [3.8, 4) is 11.5 Å². The van der Waals surface area contributed by atoms with Gasteiger partial charge in [-0.3, -0.25) is 9.59 Å². The standard InChI is InChI=1S/C30H31FN4O4S/c1-19-14-20(2)33-30(32-19)40-17-27(36)35(16-21-8-10-23(31)11-9-21)28(22-6-4-3-5-7-22)29(37)34-24-12-13-25-26(15-24)39-18-38-25/h3-4,8-15,22,28H,5-7,16-18H2,1-2H3,(H,34,37)/t22-,28+/m0/s1. The van der Waals surface area contributed by atoms with E-state index in [9.17, 15) is 14.0 Å². The van der Waals surface area contributed by atoms with E-state index in [1.54, 1.807) is 35.2 Å². The fourth-order valence-electron chi connectivity index (χ4n) is 5.00. The minimum atomic E-state index is -0.756. The molecule has 2 amide bonds. The summed E-state index contributed by atoms with van der Waals surface area (Å²) in [6, 6.07) is 12.3. The SMILES string of the molecule is Cc1cc(C)nc(SCC(=O)N(Cc2ccc(F)cc2)[C@@H](C(=O)Nc2ccc3c(c2)OCO3)[C@H]2CC=CCC2)n1. The Kier molecular flexibility index (Phi) is 8.64. The predicted molar refractivity (Wildman–Crippen MR) is 151 cm³/mol. The van der Waals surface area contributed by atoms with Crippen molar-refractivity contribution in [3.63, 3.8) is 0 Å². The first-order valence-electron chi connectivity index (χ1n) is 13.2. The average Bonchev–Trinajstić information content (AvgIpc) is 3.41. The average molecular weight is 563 g/mol. The number of rotatable bonds is 9. The van der Waals surface area contributed by atoms with E-state index in [2.05, 4.69) is 27.4 Å². The fraction of sp³-hybridized carbons (Fsp3) is 0.333. The van der Waals surface area contributed by atoms with Crippen molar-refractivity contribution in [2.75, 3.05) is 17.9 Å². The Hall–Kier alpha value is -3.92. The van der Waals surface area contributed by atoms with E-state index in [0.717, 1.165) is 29.8 Å². The Morgan fingerprint density at radius 2 is 1.80 bits per heavy atom. The number of carbonyl (C=O) groups is 2. The number of benzene rings is 2. The topological polar surface area (TPSA) is 93.7 Å². The zero-order chi connectivity index (χ0) is 28.1. The van der Waals surface area contributed by atoms with Crippen LogP contribution in [0, 0.1) is 25.6 Å². The third-order valence-corrected chi connectivity index (χ3v) is 7.71. The summed E-state index contributed by atoms with van der Waals surface area (Å²) in [5.74, 6) is 0.259. The van der Waals surface area contributed by atoms with Gasteiger partial charge in [0.25, 0.3) is 0 Å². The van der Waals surface area contributed by atoms with Crippen molar-refractivity contribution >= 4 is 29.3 Å². The van der Waals surface area contributed by atoms with Crippen LogP contribution in [0.4, 0.5) is 10.1 Å². The first-order chi connectivity index (χ1) is 19.4. The Bertz CT molecular complexity index is 1400. The molecule has 2 heterocycles. The van der Waals surface area contributed by atoms with Crippen LogP contribution < -0.4 is 14.8 Å². The number of aryl methyl sites for hydroxylation is 2. The van der Waals surface area contributed by atoms with Crippen molar-refractivity contribution in [1.82, 2.24) is 14.9 Å². The lowest BCUT2D eigenvalue weighted by Crippen LogP contribution is -2.51. The van der Waals surface area contributed by atoms with E-state index >= 15 is 0 Å². The van der Waals surface area contributed by atoms with Crippen LogP contribution in [-0.4, -0.2) is 45.3 Å². The molecule has 0 bridgehead atoms. The maximum atomic E-state index is 14.0. The highest BCUT2D eigenvalue weighted by molar-refractivity contribution is 7.99. The third-order valence-electron chi connectivity index (χ3n) is 6.87. The van der Waals surface area contributed by atoms with E-state index in [1.807, 2.05) is 19.9 Å². The zero-order valence-electron chi connectivity index (χ0n) is 22.4. The van der Waals surface area contributed by atoms with Gasteiger partial charge in [0, 0.05) is 29.7 Å². The van der Waals surface area contributed by atoms with E-state index in [-0.39, 0.29) is 42.6 Å². The van der Waals surface area contributed by atoms with E-state index in [4.69, 9.17) is 9.47 Å². The molecule has 1 N–H and O–H groups in total. The van der Waals surface area contributed by atoms with Crippen molar-refractivity contribution in [2.24, 2.45) is 5.92 Å². The molecule has 0 radical (unpaired) electrons. The maximum Gasteiger partial charge on any atom is 0.247 e. The van der Waals surface area contributed by atoms with Crippen LogP contribution in [0.15, 0.2) is 65.8 Å². The summed E-state index contributed by atoms with van der Waals surface area (Å²) in [7, 11) is 0. The fourth-order valence-corrected chi connectivity index (χ4v) is 5.84. The summed E-state index contributed by atoms with van der Waals surface area (Å²) in [6.45, 7) is 4.06. The van der Waals surface area contributed by atoms with Gasteiger partial charge >= 0.3 is 0 Å². The van der Waals surface area contributed by atoms with Crippen molar-refractivity contribution < 1.29 is 23.5 Å². The molecule has 2 atom stereocenters. The van der Waals surface area contributed by atoms with Crippen molar-refractivity contribution in [3.05, 3.63) is 83.5 Å². The Morgan fingerprint density at radius 3 is 2.52 bits per heavy atom. The second kappa shape index (κ2) is 12.5. The molecule has 1 aromatic heterocycles. The van der Waals surface area contributed by atoms with Crippen molar-refractivity contribution in [1.29, 1.82) is 0 Å². The lowest BCUT2D eigenvalue weighted by atomic mass is 9.86. The largest absolute Gasteiger partial charge is 0.454 e. The number of amides is 2. The molecule has 0 unspecified atom stereocenters. The monoisotopic (exact) mass is 562 g/mol. The molecule has 0 saturated heterocycles. The molecule has 2 aliphatic rings. The number of carbonyl (C=O) groups excluding carboxylic acids is 2. The molecular formula is C30H31FN4O4S. The number of aromatic nitrogens is 2. The summed E-state index contributed by atoms with van der Waals surface area (Å²) in [5.41, 5.74) is 2.92. The summed E-state index contributed by atoms with van der Waals surface area (Å²) < 4.78 is 24.5. The molecule has 0 saturated carbocycles. The van der Waals surface area contributed by atoms with Gasteiger partial charge in [0.15, 0.2) is 16.7 Å². The van der Waals surface area contributed by atoms with Crippen LogP contribution in [0.1, 0.15) is 36.2 Å². The number of hydrogen-bond donors (Lipinski definition) is 1. The van der Waals surface area contributed by atoms with E-state index in [1.165, 1.54) is 23.9 Å². The summed E-state index contributed by atoms with van der Waals surface area (Å²) in [6.07, 6.45) is 6.41. The van der Waals surface area contributed by atoms with Crippen LogP contribution in [0.2, 0.25) is 0 Å². The van der Waals surface area contributed by atoms with Crippen LogP contribution >= 0.6 is 11.8 Å². The lowest BCUT2D eigenvalue weighted by molar-refractivity contribution is -0.139. The highest BCUT2D eigenvalue weighted by Gasteiger charge is 2.37. The minimum absolute atomic E-state index is 0.0560. The van der Waals surface area contributed by atoms with Crippen LogP contribution in [0.5, 0.6) is 11.5 Å². The molecular weight excluding hydrogens is 531 g/mol. The number of ether oxygens (including phenoxy) is 2. The van der Waals surface area contributed by atoms with Gasteiger partial charge in [-0.15, -0.1) is 0 Å². The molecule has 8 nitrogen and oxygen atoms in total. The molecule has 1 aliphatic heterocycles. The van der Waals surface area contributed by atoms with E-state index < -0.39 is 6.04 Å². The minimum Gasteiger partial charge on any atom is -0.454 e. The molecule has 0 spiro atoms. The molecule has 3 aromatic rings. The molecule has 10 heteroatoms. The van der Waals surface area contributed by atoms with Crippen LogP contribution in [0.25, 0.3) is 0 Å². The van der Waals surface area contributed by atoms with Gasteiger partial charge in [-0.25, -0.2) is 14.4 Å². The number of nitrogens with zero attached hydrogens (tertiary/aromatic N) is 3. The molecule has 2 aromatic carbocycles. The van der Waals surface area contributed by atoms with Gasteiger partial charge in [0.2, 0.25) is 18.6 Å². The normalized spacial score (nSPS) is 16.4. The second-order valence-electron chi connectivity index (χ2n) is 9.92. The van der Waals surface area contributed by atoms with Gasteiger partial charge in [0.1, 0.15) is 11.9 Å². The highest BCUT2D eigenvalue weighted by Crippen LogP contribution is 2.35. The van der Waals surface area contributed by atoms with Crippen molar-refractivity contribution in [2.45, 2.75) is 50.9 Å². The van der Waals surface area contributed by atoms with Gasteiger partial charge < -0.3 is 19.7 Å². The predicted octanol–water partition coefficient (Wildman–Crippen LogP) is 5.45. The molecule has 208 valence electrons. The number of allylic oxidation sites excluding steroid dienone is 2. The molecule has 5 rings (SSSR count). The third kappa shape index (κ3) is 6.80. The zero-order valence-corrected chi connectivity index (χ0v) is 23.2. The van der Waals surface area contributed by atoms with Crippen LogP contribution in [0.3, 0.4) is 0 Å². The number of hydrogen-bond acceptors (Lipinski definition) is 7. The number of fused-ring (bicyclic) bond motifs is 1. The highest BCUT2D eigenvalue weighted by atomic mass is 32.2. The smallest absolute Gasteiger partial charge is 0.247 e. The van der Waals surface area contributed by atoms with Crippen LogP contribution in [-0.2, 0) is 16.1 Å². The lowest BCUT2D eigenvalue weighted by Gasteiger charge is -2.37. The number of halogens is 1. The summed E-state index contributed by atoms with van der Waals surface area (Å²) >= 11 is 1.24. The Morgan fingerprint density at radius 1 is 1.05 bits per heavy atom. The number of nitrogens with one attached hydrogen (secondary N) is 1. The van der Waals surface area contributed by atoms with Gasteiger partial charge in [-0.05, 0) is 74.9 Å². The maximum absolute atomic E-state index is 14.0. The van der Waals surface area contributed by atoms with Gasteiger partial charge in [-0.2, -0.15) is 0 Å². The molecule has 0 fully saturated rings. The molecule has 40 heavy (non-hydrogen) atoms. The first-order valence-corrected chi connectivity index (χ1v) is 14.2. The van der Waals surface area contributed by atoms with E-state index in [0.29, 0.717) is 28.8 Å². The molecule has 1 aliphatic carbocycles. The number of anilines is 1. The summed E-state index contributed by atoms with van der Waals surface area (Å²) in [5, 5.41) is 3.51. The first kappa shape index (κ1) is 27.6. The Balaban J connectivity index is 1.44.